The summed E-state index contributed by atoms with van der Waals surface area (Å²) in [7, 11) is -3.12. The van der Waals surface area contributed by atoms with E-state index in [2.05, 4.69) is 0 Å². The summed E-state index contributed by atoms with van der Waals surface area (Å²) in [5, 5.41) is 0.704. The van der Waals surface area contributed by atoms with Gasteiger partial charge in [-0.05, 0) is 30.7 Å². The minimum absolute atomic E-state index is 0.0859. The van der Waals surface area contributed by atoms with Crippen molar-refractivity contribution >= 4 is 31.3 Å². The van der Waals surface area contributed by atoms with Gasteiger partial charge in [0.2, 0.25) is 0 Å². The number of allylic oxidation sites excluding steroid dienone is 1. The number of thioether (sulfide) groups is 1. The van der Waals surface area contributed by atoms with E-state index in [9.17, 15) is 4.89 Å². The summed E-state index contributed by atoms with van der Waals surface area (Å²) in [6, 6.07) is 7.57. The third kappa shape index (κ3) is 5.24. The first-order valence-electron chi connectivity index (χ1n) is 6.86. The molecule has 6 heteroatoms. The molecule has 21 heavy (non-hydrogen) atoms. The first kappa shape index (κ1) is 17.3. The van der Waals surface area contributed by atoms with Gasteiger partial charge in [-0.2, -0.15) is 0 Å². The average Bonchev–Trinajstić information content (AvgIpc) is 2.44. The summed E-state index contributed by atoms with van der Waals surface area (Å²) in [5.74, 6) is 1.65. The number of hydrogen-bond donors (Lipinski definition) is 0. The zero-order valence-electron chi connectivity index (χ0n) is 12.5. The first-order chi connectivity index (χ1) is 9.82. The molecule has 1 aromatic rings. The molecule has 0 saturated carbocycles. The van der Waals surface area contributed by atoms with Crippen LogP contribution in [-0.2, 0) is 9.05 Å². The van der Waals surface area contributed by atoms with Crippen LogP contribution in [0.5, 0.6) is 0 Å². The topological polar surface area (TPSA) is 41.5 Å². The number of halogens is 1. The molecule has 0 N–H and O–H groups in total. The maximum Gasteiger partial charge on any atom is 0.264 e. The molecule has 1 aromatic carbocycles. The van der Waals surface area contributed by atoms with E-state index in [0.717, 1.165) is 16.2 Å². The molecule has 0 unspecified atom stereocenters. The fraction of sp³-hybridized carbons (Fsp3) is 0.467. The molecule has 0 aliphatic carbocycles. The zero-order valence-corrected chi connectivity index (χ0v) is 14.9. The SMILES string of the molecule is CC/C(=C\[P+]1([O-])OCC(C)(C)CO1)Sc1ccc(Cl)cc1. The Balaban J connectivity index is 2.07. The standard InChI is InChI=1S/C15H20ClO3PS/c1-4-13(21-14-7-5-12(16)6-8-14)9-20(17)18-10-15(2,3)11-19-20/h5-9H,4,10-11H2,1-3H3/b13-9+. The molecule has 0 atom stereocenters. The third-order valence-corrected chi connectivity index (χ3v) is 6.19. The summed E-state index contributed by atoms with van der Waals surface area (Å²) in [5.41, 5.74) is -0.0859. The molecule has 1 saturated heterocycles. The van der Waals surface area contributed by atoms with Crippen LogP contribution in [0.1, 0.15) is 27.2 Å². The summed E-state index contributed by atoms with van der Waals surface area (Å²) < 4.78 is 11.0. The van der Waals surface area contributed by atoms with Gasteiger partial charge in [-0.3, -0.25) is 0 Å². The van der Waals surface area contributed by atoms with Gasteiger partial charge >= 0.3 is 0 Å². The van der Waals surface area contributed by atoms with Gasteiger partial charge in [-0.1, -0.05) is 44.1 Å². The maximum absolute atomic E-state index is 12.6. The van der Waals surface area contributed by atoms with Crippen LogP contribution in [0.25, 0.3) is 0 Å². The van der Waals surface area contributed by atoms with E-state index in [1.54, 1.807) is 17.6 Å². The lowest BCUT2D eigenvalue weighted by Crippen LogP contribution is -2.34. The van der Waals surface area contributed by atoms with Crippen LogP contribution in [0.4, 0.5) is 0 Å². The van der Waals surface area contributed by atoms with E-state index in [0.29, 0.717) is 18.2 Å². The number of hydrogen-bond acceptors (Lipinski definition) is 4. The molecular formula is C15H20ClO3PS. The Morgan fingerprint density at radius 3 is 2.43 bits per heavy atom. The van der Waals surface area contributed by atoms with Gasteiger partial charge in [-0.15, -0.1) is 0 Å². The monoisotopic (exact) mass is 346 g/mol. The predicted octanol–water partition coefficient (Wildman–Crippen LogP) is 4.88. The molecule has 3 nitrogen and oxygen atoms in total. The predicted molar refractivity (Wildman–Crippen MR) is 88.3 cm³/mol. The van der Waals surface area contributed by atoms with E-state index in [4.69, 9.17) is 20.6 Å². The minimum atomic E-state index is -3.12. The lowest BCUT2D eigenvalue weighted by Gasteiger charge is -2.36. The zero-order chi connectivity index (χ0) is 15.5. The van der Waals surface area contributed by atoms with E-state index in [1.807, 2.05) is 45.0 Å². The summed E-state index contributed by atoms with van der Waals surface area (Å²) in [6.07, 6.45) is 0.771. The molecule has 1 aliphatic rings. The Hall–Kier alpha value is -0.0900. The lowest BCUT2D eigenvalue weighted by molar-refractivity contribution is -0.228. The van der Waals surface area contributed by atoms with E-state index in [-0.39, 0.29) is 5.41 Å². The van der Waals surface area contributed by atoms with Gasteiger partial charge in [-0.25, -0.2) is 9.05 Å². The Morgan fingerprint density at radius 1 is 1.33 bits per heavy atom. The largest absolute Gasteiger partial charge is 0.628 e. The molecule has 0 radical (unpaired) electrons. The van der Waals surface area contributed by atoms with Crippen molar-refractivity contribution in [2.24, 2.45) is 5.41 Å². The fourth-order valence-electron chi connectivity index (χ4n) is 1.70. The first-order valence-corrected chi connectivity index (χ1v) is 9.66. The van der Waals surface area contributed by atoms with Crippen LogP contribution in [-0.4, -0.2) is 13.2 Å². The van der Waals surface area contributed by atoms with Crippen LogP contribution in [0, 0.1) is 5.41 Å². The van der Waals surface area contributed by atoms with Crippen LogP contribution in [0.2, 0.25) is 5.02 Å². The fourth-order valence-corrected chi connectivity index (χ4v) is 4.96. The highest BCUT2D eigenvalue weighted by Crippen LogP contribution is 2.60. The molecule has 2 rings (SSSR count). The van der Waals surface area contributed by atoms with Crippen molar-refractivity contribution in [2.45, 2.75) is 32.1 Å². The van der Waals surface area contributed by atoms with Gasteiger partial charge in [0.05, 0.1) is 0 Å². The van der Waals surface area contributed by atoms with Crippen molar-refractivity contribution in [2.75, 3.05) is 13.2 Å². The smallest absolute Gasteiger partial charge is 0.264 e. The molecule has 1 aliphatic heterocycles. The maximum atomic E-state index is 12.6. The molecular weight excluding hydrogens is 327 g/mol. The highest BCUT2D eigenvalue weighted by molar-refractivity contribution is 8.03. The summed E-state index contributed by atoms with van der Waals surface area (Å²) >= 11 is 7.44. The molecule has 116 valence electrons. The van der Waals surface area contributed by atoms with Crippen molar-refractivity contribution in [1.29, 1.82) is 0 Å². The summed E-state index contributed by atoms with van der Waals surface area (Å²) in [6.45, 7) is 6.98. The number of benzene rings is 1. The molecule has 0 amide bonds. The Bertz CT molecular complexity index is 506. The second-order valence-electron chi connectivity index (χ2n) is 5.76. The normalized spacial score (nSPS) is 21.3. The van der Waals surface area contributed by atoms with Crippen molar-refractivity contribution in [3.63, 3.8) is 0 Å². The van der Waals surface area contributed by atoms with Crippen molar-refractivity contribution < 1.29 is 13.9 Å². The number of rotatable bonds is 4. The van der Waals surface area contributed by atoms with Crippen LogP contribution in [0.3, 0.4) is 0 Å². The second-order valence-corrected chi connectivity index (χ2v) is 9.25. The van der Waals surface area contributed by atoms with E-state index < -0.39 is 7.94 Å². The van der Waals surface area contributed by atoms with Crippen LogP contribution < -0.4 is 4.89 Å². The molecule has 1 heterocycles. The average molecular weight is 347 g/mol. The Kier molecular flexibility index (Phi) is 5.75. The van der Waals surface area contributed by atoms with E-state index in [1.165, 1.54) is 0 Å². The lowest BCUT2D eigenvalue weighted by atomic mass is 9.97. The van der Waals surface area contributed by atoms with E-state index >= 15 is 0 Å². The Labute approximate surface area is 136 Å². The third-order valence-electron chi connectivity index (χ3n) is 2.98. The molecule has 1 fully saturated rings. The molecule has 0 bridgehead atoms. The highest BCUT2D eigenvalue weighted by Gasteiger charge is 2.40. The van der Waals surface area contributed by atoms with Crippen LogP contribution >= 0.6 is 31.3 Å². The summed E-state index contributed by atoms with van der Waals surface area (Å²) in [4.78, 5) is 14.6. The van der Waals surface area contributed by atoms with Gasteiger partial charge < -0.3 is 4.89 Å². The Morgan fingerprint density at radius 2 is 1.90 bits per heavy atom. The van der Waals surface area contributed by atoms with Gasteiger partial charge in [0.15, 0.2) is 0 Å². The minimum Gasteiger partial charge on any atom is -0.628 e. The molecule has 0 aromatic heterocycles. The highest BCUT2D eigenvalue weighted by atomic mass is 35.5. The van der Waals surface area contributed by atoms with Crippen molar-refractivity contribution in [3.8, 4) is 0 Å². The quantitative estimate of drug-likeness (QED) is 0.575. The van der Waals surface area contributed by atoms with Crippen molar-refractivity contribution in [3.05, 3.63) is 40.0 Å². The second kappa shape index (κ2) is 6.99. The van der Waals surface area contributed by atoms with Crippen LogP contribution in [0.15, 0.2) is 39.9 Å². The van der Waals surface area contributed by atoms with Gasteiger partial charge in [0, 0.05) is 20.2 Å². The van der Waals surface area contributed by atoms with Gasteiger partial charge in [0.25, 0.3) is 7.94 Å². The molecule has 0 spiro atoms. The van der Waals surface area contributed by atoms with Gasteiger partial charge in [0.1, 0.15) is 19.0 Å². The van der Waals surface area contributed by atoms with Crippen molar-refractivity contribution in [1.82, 2.24) is 0 Å².